The van der Waals surface area contributed by atoms with E-state index in [0.29, 0.717) is 18.1 Å². The van der Waals surface area contributed by atoms with Crippen molar-refractivity contribution < 1.29 is 12.9 Å². The Morgan fingerprint density at radius 2 is 2.33 bits per heavy atom. The van der Waals surface area contributed by atoms with Crippen LogP contribution in [0.5, 0.6) is 0 Å². The summed E-state index contributed by atoms with van der Waals surface area (Å²) in [5, 5.41) is 3.60. The second-order valence-electron chi connectivity index (χ2n) is 3.32. The molecule has 0 fully saturated rings. The van der Waals surface area contributed by atoms with Crippen molar-refractivity contribution in [2.75, 3.05) is 6.54 Å². The Labute approximate surface area is 112 Å². The molecule has 0 radical (unpaired) electrons. The molecule has 0 saturated heterocycles. The van der Waals surface area contributed by atoms with Crippen LogP contribution in [-0.4, -0.2) is 30.1 Å². The molecule has 0 saturated carbocycles. The van der Waals surface area contributed by atoms with Crippen LogP contribution in [0.25, 0.3) is 0 Å². The SMILES string of the molecule is Cc1noc(CCNS(=O)(=O)c2cnc(Cl)s2)n1. The van der Waals surface area contributed by atoms with Crippen molar-refractivity contribution in [2.24, 2.45) is 0 Å². The summed E-state index contributed by atoms with van der Waals surface area (Å²) in [7, 11) is -3.57. The Bertz CT molecular complexity index is 636. The first-order valence-electron chi connectivity index (χ1n) is 4.87. The minimum absolute atomic E-state index is 0.0780. The third kappa shape index (κ3) is 3.25. The summed E-state index contributed by atoms with van der Waals surface area (Å²) >= 11 is 6.48. The van der Waals surface area contributed by atoms with Gasteiger partial charge in [0.05, 0.1) is 6.20 Å². The van der Waals surface area contributed by atoms with Crippen LogP contribution in [0.1, 0.15) is 11.7 Å². The molecule has 2 heterocycles. The van der Waals surface area contributed by atoms with Crippen molar-refractivity contribution in [3.63, 3.8) is 0 Å². The van der Waals surface area contributed by atoms with Crippen LogP contribution >= 0.6 is 22.9 Å². The van der Waals surface area contributed by atoms with Gasteiger partial charge in [-0.25, -0.2) is 18.1 Å². The number of nitrogens with zero attached hydrogens (tertiary/aromatic N) is 3. The number of hydrogen-bond acceptors (Lipinski definition) is 7. The summed E-state index contributed by atoms with van der Waals surface area (Å²) in [6.07, 6.45) is 1.54. The maximum absolute atomic E-state index is 11.8. The zero-order chi connectivity index (χ0) is 13.2. The van der Waals surface area contributed by atoms with Gasteiger partial charge in [-0.15, -0.1) is 0 Å². The molecule has 2 aromatic heterocycles. The molecule has 7 nitrogen and oxygen atoms in total. The van der Waals surface area contributed by atoms with Gasteiger partial charge in [-0.05, 0) is 6.92 Å². The summed E-state index contributed by atoms with van der Waals surface area (Å²) < 4.78 is 31.1. The molecule has 0 atom stereocenters. The van der Waals surface area contributed by atoms with Crippen molar-refractivity contribution in [1.29, 1.82) is 0 Å². The molecule has 0 spiro atoms. The number of nitrogens with one attached hydrogen (secondary N) is 1. The lowest BCUT2D eigenvalue weighted by Crippen LogP contribution is -2.25. The van der Waals surface area contributed by atoms with Crippen LogP contribution in [0.3, 0.4) is 0 Å². The topological polar surface area (TPSA) is 98.0 Å². The van der Waals surface area contributed by atoms with Gasteiger partial charge in [0.15, 0.2) is 14.5 Å². The Hall–Kier alpha value is -1.03. The molecular formula is C8H9ClN4O3S2. The molecule has 0 amide bonds. The number of halogens is 1. The van der Waals surface area contributed by atoms with Gasteiger partial charge in [0, 0.05) is 13.0 Å². The summed E-state index contributed by atoms with van der Waals surface area (Å²) in [5.74, 6) is 0.902. The predicted octanol–water partition coefficient (Wildman–Crippen LogP) is 1.01. The number of thiazole rings is 1. The first-order chi connectivity index (χ1) is 8.47. The molecule has 1 N–H and O–H groups in total. The van der Waals surface area contributed by atoms with Gasteiger partial charge < -0.3 is 4.52 Å². The highest BCUT2D eigenvalue weighted by Gasteiger charge is 2.17. The van der Waals surface area contributed by atoms with Gasteiger partial charge in [-0.3, -0.25) is 0 Å². The monoisotopic (exact) mass is 308 g/mol. The van der Waals surface area contributed by atoms with Crippen LogP contribution in [0.2, 0.25) is 4.47 Å². The van der Waals surface area contributed by atoms with E-state index in [1.807, 2.05) is 0 Å². The molecule has 10 heteroatoms. The lowest BCUT2D eigenvalue weighted by atomic mass is 10.4. The van der Waals surface area contributed by atoms with E-state index in [4.69, 9.17) is 16.1 Å². The van der Waals surface area contributed by atoms with E-state index >= 15 is 0 Å². The van der Waals surface area contributed by atoms with Gasteiger partial charge >= 0.3 is 0 Å². The molecule has 0 aliphatic carbocycles. The van der Waals surface area contributed by atoms with E-state index in [9.17, 15) is 8.42 Å². The fourth-order valence-corrected chi connectivity index (χ4v) is 3.54. The quantitative estimate of drug-likeness (QED) is 0.885. The predicted molar refractivity (Wildman–Crippen MR) is 65.1 cm³/mol. The molecule has 18 heavy (non-hydrogen) atoms. The van der Waals surface area contributed by atoms with Crippen molar-refractivity contribution in [3.05, 3.63) is 22.4 Å². The maximum atomic E-state index is 11.8. The lowest BCUT2D eigenvalue weighted by molar-refractivity contribution is 0.375. The van der Waals surface area contributed by atoms with Gasteiger partial charge in [-0.1, -0.05) is 28.1 Å². The Morgan fingerprint density at radius 1 is 1.56 bits per heavy atom. The standard InChI is InChI=1S/C8H9ClN4O3S2/c1-5-12-6(16-13-5)2-3-11-18(14,15)7-4-10-8(9)17-7/h4,11H,2-3H2,1H3. The average molecular weight is 309 g/mol. The summed E-state index contributed by atoms with van der Waals surface area (Å²) in [4.78, 5) is 7.64. The molecule has 98 valence electrons. The Morgan fingerprint density at radius 3 is 2.89 bits per heavy atom. The highest BCUT2D eigenvalue weighted by Crippen LogP contribution is 2.21. The number of aromatic nitrogens is 3. The normalized spacial score (nSPS) is 11.9. The Balaban J connectivity index is 1.93. The second kappa shape index (κ2) is 5.31. The fraction of sp³-hybridized carbons (Fsp3) is 0.375. The zero-order valence-electron chi connectivity index (χ0n) is 9.25. The largest absolute Gasteiger partial charge is 0.339 e. The van der Waals surface area contributed by atoms with Crippen molar-refractivity contribution in [1.82, 2.24) is 19.8 Å². The van der Waals surface area contributed by atoms with Crippen molar-refractivity contribution in [2.45, 2.75) is 17.6 Å². The smallest absolute Gasteiger partial charge is 0.251 e. The second-order valence-corrected chi connectivity index (χ2v) is 6.92. The third-order valence-corrected chi connectivity index (χ3v) is 4.96. The first-order valence-corrected chi connectivity index (χ1v) is 7.55. The molecule has 2 rings (SSSR count). The number of aryl methyl sites for hydroxylation is 1. The van der Waals surface area contributed by atoms with E-state index in [-0.39, 0.29) is 15.2 Å². The molecule has 0 bridgehead atoms. The van der Waals surface area contributed by atoms with Gasteiger partial charge in [-0.2, -0.15) is 4.98 Å². The van der Waals surface area contributed by atoms with E-state index < -0.39 is 10.0 Å². The highest BCUT2D eigenvalue weighted by atomic mass is 35.5. The van der Waals surface area contributed by atoms with Crippen LogP contribution in [0.4, 0.5) is 0 Å². The van der Waals surface area contributed by atoms with E-state index in [1.165, 1.54) is 6.20 Å². The third-order valence-electron chi connectivity index (χ3n) is 1.92. The number of sulfonamides is 1. The van der Waals surface area contributed by atoms with Crippen LogP contribution in [0.15, 0.2) is 14.9 Å². The summed E-state index contributed by atoms with van der Waals surface area (Å²) in [6, 6.07) is 0. The molecule has 0 aliphatic rings. The Kier molecular flexibility index (Phi) is 3.95. The van der Waals surface area contributed by atoms with Gasteiger partial charge in [0.2, 0.25) is 5.89 Å². The molecule has 0 unspecified atom stereocenters. The van der Waals surface area contributed by atoms with E-state index in [2.05, 4.69) is 19.8 Å². The van der Waals surface area contributed by atoms with Crippen LogP contribution in [0, 0.1) is 6.92 Å². The highest BCUT2D eigenvalue weighted by molar-refractivity contribution is 7.91. The summed E-state index contributed by atoms with van der Waals surface area (Å²) in [6.45, 7) is 1.86. The van der Waals surface area contributed by atoms with E-state index in [0.717, 1.165) is 11.3 Å². The molecule has 0 aliphatic heterocycles. The maximum Gasteiger partial charge on any atom is 0.251 e. The molecule has 2 aromatic rings. The lowest BCUT2D eigenvalue weighted by Gasteiger charge is -2.01. The average Bonchev–Trinajstić information content (AvgIpc) is 2.88. The molecule has 0 aromatic carbocycles. The number of hydrogen-bond donors (Lipinski definition) is 1. The van der Waals surface area contributed by atoms with Gasteiger partial charge in [0.25, 0.3) is 10.0 Å². The molecular weight excluding hydrogens is 300 g/mol. The summed E-state index contributed by atoms with van der Waals surface area (Å²) in [5.41, 5.74) is 0. The van der Waals surface area contributed by atoms with Crippen molar-refractivity contribution >= 4 is 33.0 Å². The van der Waals surface area contributed by atoms with Crippen LogP contribution in [-0.2, 0) is 16.4 Å². The number of rotatable bonds is 5. The van der Waals surface area contributed by atoms with E-state index in [1.54, 1.807) is 6.92 Å². The minimum atomic E-state index is -3.57. The van der Waals surface area contributed by atoms with Gasteiger partial charge in [0.1, 0.15) is 0 Å². The zero-order valence-corrected chi connectivity index (χ0v) is 11.6. The fourth-order valence-electron chi connectivity index (χ4n) is 1.17. The van der Waals surface area contributed by atoms with Crippen molar-refractivity contribution in [3.8, 4) is 0 Å². The first kappa shape index (κ1) is 13.4. The van der Waals surface area contributed by atoms with Crippen LogP contribution < -0.4 is 4.72 Å². The minimum Gasteiger partial charge on any atom is -0.339 e.